The van der Waals surface area contributed by atoms with E-state index in [1.54, 1.807) is 29.5 Å². The van der Waals surface area contributed by atoms with Crippen LogP contribution in [0.3, 0.4) is 0 Å². The summed E-state index contributed by atoms with van der Waals surface area (Å²) in [5.41, 5.74) is 1.75. The van der Waals surface area contributed by atoms with Gasteiger partial charge in [-0.3, -0.25) is 9.52 Å². The average Bonchev–Trinajstić information content (AvgIpc) is 3.11. The van der Waals surface area contributed by atoms with Crippen molar-refractivity contribution in [2.45, 2.75) is 39.7 Å². The Hall–Kier alpha value is -2.45. The molecule has 0 aliphatic carbocycles. The maximum absolute atomic E-state index is 13.2. The van der Waals surface area contributed by atoms with E-state index in [-0.39, 0.29) is 5.91 Å². The predicted octanol–water partition coefficient (Wildman–Crippen LogP) is 4.33. The normalized spacial score (nSPS) is 12.1. The third-order valence-electron chi connectivity index (χ3n) is 5.35. The van der Waals surface area contributed by atoms with Crippen molar-refractivity contribution in [1.82, 2.24) is 10.3 Å². The first kappa shape index (κ1) is 22.2. The van der Waals surface area contributed by atoms with Crippen molar-refractivity contribution >= 4 is 43.2 Å². The minimum absolute atomic E-state index is 0.00627. The molecule has 0 saturated heterocycles. The van der Waals surface area contributed by atoms with Gasteiger partial charge in [-0.15, -0.1) is 11.3 Å². The maximum atomic E-state index is 13.2. The summed E-state index contributed by atoms with van der Waals surface area (Å²) in [6, 6.07) is 15.1. The second-order valence-electron chi connectivity index (χ2n) is 7.50. The number of sulfonamides is 1. The molecule has 0 spiro atoms. The molecule has 6 nitrogen and oxygen atoms in total. The van der Waals surface area contributed by atoms with E-state index in [2.05, 4.69) is 10.0 Å². The first-order valence-corrected chi connectivity index (χ1v) is 12.6. The number of carbonyl (C=O) groups is 1. The van der Waals surface area contributed by atoms with Gasteiger partial charge in [-0.05, 0) is 42.7 Å². The molecule has 160 valence electrons. The van der Waals surface area contributed by atoms with E-state index < -0.39 is 15.4 Å². The van der Waals surface area contributed by atoms with E-state index in [0.717, 1.165) is 27.0 Å². The van der Waals surface area contributed by atoms with Crippen molar-refractivity contribution in [2.75, 3.05) is 11.0 Å². The van der Waals surface area contributed by atoms with Gasteiger partial charge in [-0.2, -0.15) is 0 Å². The molecule has 3 aromatic rings. The number of para-hydroxylation sites is 1. The van der Waals surface area contributed by atoms with Gasteiger partial charge in [-0.25, -0.2) is 13.4 Å². The van der Waals surface area contributed by atoms with Gasteiger partial charge in [0.15, 0.2) is 0 Å². The van der Waals surface area contributed by atoms with Crippen LogP contribution in [0.5, 0.6) is 0 Å². The van der Waals surface area contributed by atoms with Gasteiger partial charge >= 0.3 is 0 Å². The Morgan fingerprint density at radius 1 is 1.10 bits per heavy atom. The summed E-state index contributed by atoms with van der Waals surface area (Å²) in [7, 11) is -3.35. The van der Waals surface area contributed by atoms with Crippen LogP contribution in [0, 0.1) is 5.41 Å². The third kappa shape index (κ3) is 5.37. The molecule has 1 aromatic heterocycles. The number of fused-ring (bicyclic) bond motifs is 1. The van der Waals surface area contributed by atoms with Crippen molar-refractivity contribution < 1.29 is 13.2 Å². The zero-order valence-electron chi connectivity index (χ0n) is 17.4. The molecular weight excluding hydrogens is 418 g/mol. The SMILES string of the molecule is CCC(CC)(Cc1nc2ccccc2s1)C(=O)NCc1cccc(NS(C)(=O)=O)c1. The average molecular weight is 446 g/mol. The Labute approximate surface area is 181 Å². The largest absolute Gasteiger partial charge is 0.352 e. The molecule has 0 atom stereocenters. The number of nitrogens with zero attached hydrogens (tertiary/aromatic N) is 1. The Bertz CT molecular complexity index is 1100. The van der Waals surface area contributed by atoms with Crippen LogP contribution >= 0.6 is 11.3 Å². The van der Waals surface area contributed by atoms with E-state index in [4.69, 9.17) is 4.98 Å². The lowest BCUT2D eigenvalue weighted by molar-refractivity contribution is -0.131. The third-order valence-corrected chi connectivity index (χ3v) is 6.99. The van der Waals surface area contributed by atoms with Gasteiger partial charge in [-0.1, -0.05) is 38.1 Å². The molecule has 0 aliphatic rings. The molecule has 2 N–H and O–H groups in total. The van der Waals surface area contributed by atoms with E-state index in [9.17, 15) is 13.2 Å². The molecule has 3 rings (SSSR count). The van der Waals surface area contributed by atoms with Gasteiger partial charge in [0.05, 0.1) is 26.9 Å². The Morgan fingerprint density at radius 2 is 1.83 bits per heavy atom. The smallest absolute Gasteiger partial charge is 0.229 e. The van der Waals surface area contributed by atoms with Crippen LogP contribution in [0.15, 0.2) is 48.5 Å². The molecule has 30 heavy (non-hydrogen) atoms. The zero-order chi connectivity index (χ0) is 21.8. The molecule has 1 heterocycles. The van der Waals surface area contributed by atoms with Crippen LogP contribution in [-0.2, 0) is 27.8 Å². The van der Waals surface area contributed by atoms with Gasteiger partial charge in [0.1, 0.15) is 0 Å². The summed E-state index contributed by atoms with van der Waals surface area (Å²) in [4.78, 5) is 17.9. The van der Waals surface area contributed by atoms with Crippen molar-refractivity contribution in [3.63, 3.8) is 0 Å². The second-order valence-corrected chi connectivity index (χ2v) is 10.4. The van der Waals surface area contributed by atoms with Gasteiger partial charge in [0, 0.05) is 18.7 Å². The number of benzene rings is 2. The molecule has 0 fully saturated rings. The lowest BCUT2D eigenvalue weighted by atomic mass is 9.78. The minimum Gasteiger partial charge on any atom is -0.352 e. The summed E-state index contributed by atoms with van der Waals surface area (Å²) in [6.07, 6.45) is 3.13. The number of thiazole rings is 1. The first-order valence-electron chi connectivity index (χ1n) is 9.94. The molecule has 0 unspecified atom stereocenters. The van der Waals surface area contributed by atoms with Gasteiger partial charge in [0.2, 0.25) is 15.9 Å². The number of hydrogen-bond acceptors (Lipinski definition) is 5. The minimum atomic E-state index is -3.35. The highest BCUT2D eigenvalue weighted by Gasteiger charge is 2.36. The first-order chi connectivity index (χ1) is 14.2. The van der Waals surface area contributed by atoms with Crippen LogP contribution in [0.25, 0.3) is 10.2 Å². The highest BCUT2D eigenvalue weighted by atomic mass is 32.2. The van der Waals surface area contributed by atoms with Gasteiger partial charge < -0.3 is 5.32 Å². The molecule has 2 aromatic carbocycles. The number of nitrogens with one attached hydrogen (secondary N) is 2. The van der Waals surface area contributed by atoms with E-state index >= 15 is 0 Å². The topological polar surface area (TPSA) is 88.2 Å². The Kier molecular flexibility index (Phi) is 6.77. The quantitative estimate of drug-likeness (QED) is 0.513. The number of aromatic nitrogens is 1. The summed E-state index contributed by atoms with van der Waals surface area (Å²) in [5.74, 6) is -0.00627. The molecule has 0 aliphatic heterocycles. The number of amides is 1. The summed E-state index contributed by atoms with van der Waals surface area (Å²) in [6.45, 7) is 4.40. The lowest BCUT2D eigenvalue weighted by Crippen LogP contribution is -2.41. The van der Waals surface area contributed by atoms with E-state index in [0.29, 0.717) is 31.5 Å². The fourth-order valence-corrected chi connectivity index (χ4v) is 5.18. The van der Waals surface area contributed by atoms with Crippen LogP contribution < -0.4 is 10.0 Å². The Morgan fingerprint density at radius 3 is 2.50 bits per heavy atom. The van der Waals surface area contributed by atoms with E-state index in [1.165, 1.54) is 0 Å². The predicted molar refractivity (Wildman–Crippen MR) is 123 cm³/mol. The highest BCUT2D eigenvalue weighted by molar-refractivity contribution is 7.92. The zero-order valence-corrected chi connectivity index (χ0v) is 19.1. The van der Waals surface area contributed by atoms with Crippen molar-refractivity contribution in [2.24, 2.45) is 5.41 Å². The molecule has 0 bridgehead atoms. The summed E-state index contributed by atoms with van der Waals surface area (Å²) >= 11 is 1.64. The van der Waals surface area contributed by atoms with Crippen molar-refractivity contribution in [3.8, 4) is 0 Å². The summed E-state index contributed by atoms with van der Waals surface area (Å²) in [5, 5.41) is 4.01. The number of anilines is 1. The lowest BCUT2D eigenvalue weighted by Gasteiger charge is -2.29. The fourth-order valence-electron chi connectivity index (χ4n) is 3.52. The fraction of sp³-hybridized carbons (Fsp3) is 0.364. The molecule has 8 heteroatoms. The summed E-state index contributed by atoms with van der Waals surface area (Å²) < 4.78 is 26.5. The van der Waals surface area contributed by atoms with E-state index in [1.807, 2.05) is 44.2 Å². The molecule has 0 radical (unpaired) electrons. The number of carbonyl (C=O) groups excluding carboxylic acids is 1. The monoisotopic (exact) mass is 445 g/mol. The molecule has 1 amide bonds. The molecule has 0 saturated carbocycles. The highest BCUT2D eigenvalue weighted by Crippen LogP contribution is 2.34. The maximum Gasteiger partial charge on any atom is 0.229 e. The molecular formula is C22H27N3O3S2. The van der Waals surface area contributed by atoms with Crippen molar-refractivity contribution in [1.29, 1.82) is 0 Å². The van der Waals surface area contributed by atoms with Gasteiger partial charge in [0.25, 0.3) is 0 Å². The number of rotatable bonds is 9. The van der Waals surface area contributed by atoms with Crippen LogP contribution in [0.4, 0.5) is 5.69 Å². The Balaban J connectivity index is 1.73. The van der Waals surface area contributed by atoms with Crippen LogP contribution in [-0.4, -0.2) is 25.6 Å². The van der Waals surface area contributed by atoms with Crippen LogP contribution in [0.2, 0.25) is 0 Å². The standard InChI is InChI=1S/C22H27N3O3S2/c1-4-22(5-2,14-20-24-18-11-6-7-12-19(18)29-20)21(26)23-15-16-9-8-10-17(13-16)25-30(3,27)28/h6-13,25H,4-5,14-15H2,1-3H3,(H,23,26). The second kappa shape index (κ2) is 9.14. The van der Waals surface area contributed by atoms with Crippen molar-refractivity contribution in [3.05, 3.63) is 59.1 Å². The number of hydrogen-bond donors (Lipinski definition) is 2. The van der Waals surface area contributed by atoms with Crippen LogP contribution in [0.1, 0.15) is 37.3 Å².